The van der Waals surface area contributed by atoms with Crippen LogP contribution in [-0.2, 0) is 9.59 Å². The highest BCUT2D eigenvalue weighted by molar-refractivity contribution is 5.77. The van der Waals surface area contributed by atoms with Crippen LogP contribution in [-0.4, -0.2) is 81.4 Å². The van der Waals surface area contributed by atoms with E-state index in [1.165, 1.54) is 0 Å². The Hall–Kier alpha value is -2.50. The molecule has 0 unspecified atom stereocenters. The Morgan fingerprint density at radius 3 is 0.541 bits per heavy atom. The summed E-state index contributed by atoms with van der Waals surface area (Å²) in [5.74, 6) is -96.2. The fourth-order valence-corrected chi connectivity index (χ4v) is 1.85. The van der Waals surface area contributed by atoms with Crippen LogP contribution in [0.25, 0.3) is 0 Å². The van der Waals surface area contributed by atoms with Crippen molar-refractivity contribution in [2.45, 2.75) is 59.2 Å². The average molecular weight is 607 g/mol. The number of carboxylic acids is 2. The number of alkyl halides is 20. The van der Waals surface area contributed by atoms with E-state index in [4.69, 9.17) is 10.2 Å². The molecular formula is C12H5F20NO4. The molecule has 0 aliphatic carbocycles. The number of hydrogen-bond donors (Lipinski definition) is 3. The molecule has 0 rings (SSSR count). The number of halogens is 20. The lowest BCUT2D eigenvalue weighted by atomic mass is 9.85. The van der Waals surface area contributed by atoms with Gasteiger partial charge in [0.1, 0.15) is 0 Å². The normalized spacial score (nSPS) is 15.8. The molecule has 0 fully saturated rings. The minimum absolute atomic E-state index is 0. The summed E-state index contributed by atoms with van der Waals surface area (Å²) in [5, 5.41) is 15.3. The number of aliphatic carboxylic acids is 2. The van der Waals surface area contributed by atoms with Crippen molar-refractivity contribution in [1.82, 2.24) is 6.15 Å². The molecule has 0 heterocycles. The van der Waals surface area contributed by atoms with E-state index in [-0.39, 0.29) is 6.15 Å². The topological polar surface area (TPSA) is 110 Å². The Kier molecular flexibility index (Phi) is 8.69. The van der Waals surface area contributed by atoms with Gasteiger partial charge in [0.15, 0.2) is 0 Å². The van der Waals surface area contributed by atoms with E-state index in [2.05, 4.69) is 0 Å². The maximum atomic E-state index is 13.4. The van der Waals surface area contributed by atoms with Crippen molar-refractivity contribution in [3.8, 4) is 0 Å². The first kappa shape index (κ1) is 36.7. The molecule has 5 N–H and O–H groups in total. The first-order chi connectivity index (χ1) is 15.1. The van der Waals surface area contributed by atoms with Crippen LogP contribution < -0.4 is 6.15 Å². The fraction of sp³-hybridized carbons (Fsp3) is 0.833. The van der Waals surface area contributed by atoms with Crippen molar-refractivity contribution in [3.63, 3.8) is 0 Å². The predicted octanol–water partition coefficient (Wildman–Crippen LogP) is 5.67. The van der Waals surface area contributed by atoms with Crippen molar-refractivity contribution >= 4 is 11.9 Å². The van der Waals surface area contributed by atoms with E-state index in [9.17, 15) is 97.4 Å². The SMILES string of the molecule is N.O=C(O)C(F)(F)C(F)(F)C(F)(F)C(F)(F)C(F)(F)C(F)(F)C(F)(F)C(F)(F)C(F)(F)C(F)(F)C(=O)O. The molecule has 0 bridgehead atoms. The summed E-state index contributed by atoms with van der Waals surface area (Å²) in [6.07, 6.45) is 0. The Morgan fingerprint density at radius 2 is 0.432 bits per heavy atom. The van der Waals surface area contributed by atoms with Gasteiger partial charge in [0.25, 0.3) is 0 Å². The van der Waals surface area contributed by atoms with Gasteiger partial charge in [-0.25, -0.2) is 9.59 Å². The molecular weight excluding hydrogens is 602 g/mol. The third-order valence-corrected chi connectivity index (χ3v) is 4.09. The molecule has 0 saturated carbocycles. The zero-order chi connectivity index (χ0) is 30.2. The second kappa shape index (κ2) is 8.78. The van der Waals surface area contributed by atoms with Crippen molar-refractivity contribution in [2.75, 3.05) is 0 Å². The molecule has 0 saturated heterocycles. The number of hydrogen-bond acceptors (Lipinski definition) is 3. The van der Waals surface area contributed by atoms with Crippen molar-refractivity contribution in [1.29, 1.82) is 0 Å². The van der Waals surface area contributed by atoms with Gasteiger partial charge >= 0.3 is 71.2 Å². The van der Waals surface area contributed by atoms with Crippen molar-refractivity contribution < 1.29 is 108 Å². The van der Waals surface area contributed by atoms with Crippen LogP contribution in [0.15, 0.2) is 0 Å². The summed E-state index contributed by atoms with van der Waals surface area (Å²) in [4.78, 5) is 19.7. The van der Waals surface area contributed by atoms with Gasteiger partial charge in [-0.15, -0.1) is 0 Å². The van der Waals surface area contributed by atoms with Gasteiger partial charge in [0, 0.05) is 0 Å². The lowest BCUT2D eigenvalue weighted by Crippen LogP contribution is -2.77. The smallest absolute Gasteiger partial charge is 0.410 e. The van der Waals surface area contributed by atoms with Crippen LogP contribution in [0, 0.1) is 0 Å². The van der Waals surface area contributed by atoms with E-state index >= 15 is 0 Å². The highest BCUT2D eigenvalue weighted by Gasteiger charge is 2.98. The second-order valence-corrected chi connectivity index (χ2v) is 6.35. The van der Waals surface area contributed by atoms with Gasteiger partial charge < -0.3 is 16.4 Å². The van der Waals surface area contributed by atoms with Gasteiger partial charge in [-0.1, -0.05) is 0 Å². The van der Waals surface area contributed by atoms with Crippen molar-refractivity contribution in [3.05, 3.63) is 0 Å². The highest BCUT2D eigenvalue weighted by atomic mass is 19.4. The quantitative estimate of drug-likeness (QED) is 0.263. The van der Waals surface area contributed by atoms with Gasteiger partial charge in [-0.05, 0) is 0 Å². The van der Waals surface area contributed by atoms with Crippen LogP contribution in [0.3, 0.4) is 0 Å². The maximum Gasteiger partial charge on any atom is 0.410 e. The average Bonchev–Trinajstić information content (AvgIpc) is 2.65. The van der Waals surface area contributed by atoms with Crippen LogP contribution >= 0.6 is 0 Å². The van der Waals surface area contributed by atoms with Crippen LogP contribution in [0.2, 0.25) is 0 Å². The van der Waals surface area contributed by atoms with Gasteiger partial charge in [-0.2, -0.15) is 87.8 Å². The molecule has 0 atom stereocenters. The fourth-order valence-electron chi connectivity index (χ4n) is 1.85. The number of carbonyl (C=O) groups is 2. The Labute approximate surface area is 186 Å². The first-order valence-electron chi connectivity index (χ1n) is 7.39. The van der Waals surface area contributed by atoms with Gasteiger partial charge in [-0.3, -0.25) is 0 Å². The monoisotopic (exact) mass is 607 g/mol. The Morgan fingerprint density at radius 1 is 0.324 bits per heavy atom. The zero-order valence-corrected chi connectivity index (χ0v) is 16.0. The summed E-state index contributed by atoms with van der Waals surface area (Å²) < 4.78 is 263. The van der Waals surface area contributed by atoms with Gasteiger partial charge in [0.2, 0.25) is 0 Å². The van der Waals surface area contributed by atoms with Crippen molar-refractivity contribution in [2.24, 2.45) is 0 Å². The molecule has 0 aromatic carbocycles. The van der Waals surface area contributed by atoms with Crippen LogP contribution in [0.5, 0.6) is 0 Å². The van der Waals surface area contributed by atoms with E-state index in [0.717, 1.165) is 0 Å². The molecule has 0 spiro atoms. The molecule has 222 valence electrons. The summed E-state index contributed by atoms with van der Waals surface area (Å²) >= 11 is 0. The van der Waals surface area contributed by atoms with Crippen LogP contribution in [0.4, 0.5) is 87.8 Å². The van der Waals surface area contributed by atoms with E-state index in [1.807, 2.05) is 0 Å². The largest absolute Gasteiger partial charge is 0.477 e. The van der Waals surface area contributed by atoms with Crippen LogP contribution in [0.1, 0.15) is 0 Å². The second-order valence-electron chi connectivity index (χ2n) is 6.35. The minimum Gasteiger partial charge on any atom is -0.477 e. The Balaban J connectivity index is 0. The summed E-state index contributed by atoms with van der Waals surface area (Å²) in [6.45, 7) is 0. The first-order valence-corrected chi connectivity index (χ1v) is 7.39. The molecule has 0 amide bonds. The molecule has 0 aliphatic heterocycles. The van der Waals surface area contributed by atoms with E-state index in [1.54, 1.807) is 0 Å². The van der Waals surface area contributed by atoms with Gasteiger partial charge in [0.05, 0.1) is 0 Å². The molecule has 0 aromatic heterocycles. The number of carboxylic acid groups (broad SMARTS) is 2. The lowest BCUT2D eigenvalue weighted by Gasteiger charge is -2.44. The lowest BCUT2D eigenvalue weighted by molar-refractivity contribution is -0.466. The molecule has 5 nitrogen and oxygen atoms in total. The number of rotatable bonds is 11. The third-order valence-electron chi connectivity index (χ3n) is 4.09. The zero-order valence-electron chi connectivity index (χ0n) is 16.0. The molecule has 25 heteroatoms. The molecule has 0 aromatic rings. The summed E-state index contributed by atoms with van der Waals surface area (Å²) in [6, 6.07) is 0. The highest BCUT2D eigenvalue weighted by Crippen LogP contribution is 2.66. The molecule has 0 radical (unpaired) electrons. The minimum atomic E-state index is -9.32. The third kappa shape index (κ3) is 4.06. The van der Waals surface area contributed by atoms with E-state index < -0.39 is 71.2 Å². The summed E-state index contributed by atoms with van der Waals surface area (Å²) in [7, 11) is 0. The maximum absolute atomic E-state index is 13.4. The Bertz CT molecular complexity index is 824. The molecule has 37 heavy (non-hydrogen) atoms. The standard InChI is InChI=1S/C12H2F20O4.H3N/c13-3(14,1(33)34)5(17,18)7(21,22)9(25,26)11(29,30)12(31,32)10(27,28)8(23,24)6(19,20)4(15,16)2(35)36;/h(H,33,34)(H,35,36);1H3. The molecule has 0 aliphatic rings. The summed E-state index contributed by atoms with van der Waals surface area (Å²) in [5.41, 5.74) is 0. The predicted molar refractivity (Wildman–Crippen MR) is 69.8 cm³/mol. The van der Waals surface area contributed by atoms with E-state index in [0.29, 0.717) is 0 Å².